The molecule has 0 saturated carbocycles. The molecule has 0 aliphatic rings. The van der Waals surface area contributed by atoms with Gasteiger partial charge in [-0.05, 0) is 19.8 Å². The molecule has 0 heterocycles. The number of rotatable bonds is 8. The van der Waals surface area contributed by atoms with Gasteiger partial charge >= 0.3 is 0 Å². The van der Waals surface area contributed by atoms with Crippen LogP contribution in [0.3, 0.4) is 0 Å². The molecule has 0 N–H and O–H groups in total. The van der Waals surface area contributed by atoms with E-state index in [1.807, 2.05) is 6.92 Å². The van der Waals surface area contributed by atoms with Crippen LogP contribution in [0.2, 0.25) is 0 Å². The minimum atomic E-state index is 0.799. The molecule has 0 aromatic rings. The average Bonchev–Trinajstić information content (AvgIpc) is 2.10. The molecular weight excluding hydrogens is 150 g/mol. The zero-order valence-electron chi connectivity index (χ0n) is 8.81. The van der Waals surface area contributed by atoms with E-state index in [1.165, 1.54) is 25.7 Å². The van der Waals surface area contributed by atoms with Crippen molar-refractivity contribution in [2.75, 3.05) is 19.7 Å². The first-order valence-corrected chi connectivity index (χ1v) is 5.23. The minimum Gasteiger partial charge on any atom is -0.299 e. The molecular formula is C10H23NO. The third kappa shape index (κ3) is 6.62. The maximum Gasteiger partial charge on any atom is 0.0656 e. The predicted octanol–water partition coefficient (Wildman–Crippen LogP) is 2.84. The summed E-state index contributed by atoms with van der Waals surface area (Å²) in [5.41, 5.74) is 0. The third-order valence-corrected chi connectivity index (χ3v) is 1.83. The summed E-state index contributed by atoms with van der Waals surface area (Å²) < 4.78 is 0. The SMILES string of the molecule is CCCCN(CCCC)OCC. The molecule has 0 aliphatic carbocycles. The lowest BCUT2D eigenvalue weighted by Gasteiger charge is -2.20. The first kappa shape index (κ1) is 11.9. The highest BCUT2D eigenvalue weighted by Crippen LogP contribution is 1.99. The molecule has 0 aromatic carbocycles. The van der Waals surface area contributed by atoms with Crippen molar-refractivity contribution in [2.24, 2.45) is 0 Å². The Kier molecular flexibility index (Phi) is 8.95. The number of hydrogen-bond acceptors (Lipinski definition) is 2. The largest absolute Gasteiger partial charge is 0.299 e. The zero-order valence-corrected chi connectivity index (χ0v) is 8.81. The van der Waals surface area contributed by atoms with Gasteiger partial charge in [-0.2, -0.15) is 5.06 Å². The zero-order chi connectivity index (χ0) is 9.23. The van der Waals surface area contributed by atoms with E-state index in [1.54, 1.807) is 0 Å². The molecule has 74 valence electrons. The molecule has 2 nitrogen and oxygen atoms in total. The molecule has 0 fully saturated rings. The monoisotopic (exact) mass is 173 g/mol. The summed E-state index contributed by atoms with van der Waals surface area (Å²) in [7, 11) is 0. The topological polar surface area (TPSA) is 12.5 Å². The second-order valence-corrected chi connectivity index (χ2v) is 3.05. The van der Waals surface area contributed by atoms with E-state index in [4.69, 9.17) is 4.84 Å². The van der Waals surface area contributed by atoms with Crippen molar-refractivity contribution in [2.45, 2.75) is 46.5 Å². The Bertz CT molecular complexity index is 77.9. The first-order valence-electron chi connectivity index (χ1n) is 5.23. The van der Waals surface area contributed by atoms with E-state index in [2.05, 4.69) is 18.9 Å². The van der Waals surface area contributed by atoms with Crippen LogP contribution < -0.4 is 0 Å². The minimum absolute atomic E-state index is 0.799. The second kappa shape index (κ2) is 9.01. The van der Waals surface area contributed by atoms with Gasteiger partial charge in [-0.15, -0.1) is 0 Å². The van der Waals surface area contributed by atoms with Crippen molar-refractivity contribution in [1.82, 2.24) is 5.06 Å². The molecule has 0 amide bonds. The smallest absolute Gasteiger partial charge is 0.0656 e. The number of unbranched alkanes of at least 4 members (excludes halogenated alkanes) is 2. The Hall–Kier alpha value is -0.0800. The summed E-state index contributed by atoms with van der Waals surface area (Å²) in [6, 6.07) is 0. The van der Waals surface area contributed by atoms with E-state index in [0.29, 0.717) is 0 Å². The van der Waals surface area contributed by atoms with Gasteiger partial charge in [0.2, 0.25) is 0 Å². The Labute approximate surface area is 76.9 Å². The van der Waals surface area contributed by atoms with Crippen LogP contribution in [0.5, 0.6) is 0 Å². The van der Waals surface area contributed by atoms with Gasteiger partial charge in [-0.3, -0.25) is 4.84 Å². The third-order valence-electron chi connectivity index (χ3n) is 1.83. The van der Waals surface area contributed by atoms with Gasteiger partial charge in [0.15, 0.2) is 0 Å². The second-order valence-electron chi connectivity index (χ2n) is 3.05. The fourth-order valence-electron chi connectivity index (χ4n) is 1.09. The molecule has 0 spiro atoms. The first-order chi connectivity index (χ1) is 5.85. The highest BCUT2D eigenvalue weighted by atomic mass is 16.7. The van der Waals surface area contributed by atoms with Gasteiger partial charge in [0, 0.05) is 13.1 Å². The van der Waals surface area contributed by atoms with Gasteiger partial charge < -0.3 is 0 Å². The lowest BCUT2D eigenvalue weighted by molar-refractivity contribution is -0.155. The van der Waals surface area contributed by atoms with Gasteiger partial charge in [0.05, 0.1) is 6.61 Å². The lowest BCUT2D eigenvalue weighted by atomic mass is 10.3. The summed E-state index contributed by atoms with van der Waals surface area (Å²) >= 11 is 0. The predicted molar refractivity (Wildman–Crippen MR) is 53.0 cm³/mol. The number of hydrogen-bond donors (Lipinski definition) is 0. The Morgan fingerprint density at radius 3 is 1.75 bits per heavy atom. The number of nitrogens with zero attached hydrogens (tertiary/aromatic N) is 1. The van der Waals surface area contributed by atoms with Gasteiger partial charge in [-0.25, -0.2) is 0 Å². The van der Waals surface area contributed by atoms with E-state index in [0.717, 1.165) is 19.7 Å². The molecule has 0 rings (SSSR count). The van der Waals surface area contributed by atoms with Crippen LogP contribution in [0, 0.1) is 0 Å². The van der Waals surface area contributed by atoms with Crippen molar-refractivity contribution in [3.05, 3.63) is 0 Å². The molecule has 2 heteroatoms. The molecule has 0 saturated heterocycles. The molecule has 0 unspecified atom stereocenters. The average molecular weight is 173 g/mol. The van der Waals surface area contributed by atoms with Crippen molar-refractivity contribution in [3.8, 4) is 0 Å². The fourth-order valence-corrected chi connectivity index (χ4v) is 1.09. The summed E-state index contributed by atoms with van der Waals surface area (Å²) in [6.07, 6.45) is 4.97. The van der Waals surface area contributed by atoms with Crippen molar-refractivity contribution >= 4 is 0 Å². The van der Waals surface area contributed by atoms with Crippen molar-refractivity contribution in [1.29, 1.82) is 0 Å². The maximum absolute atomic E-state index is 5.48. The van der Waals surface area contributed by atoms with Crippen LogP contribution >= 0.6 is 0 Å². The van der Waals surface area contributed by atoms with Crippen LogP contribution in [0.15, 0.2) is 0 Å². The van der Waals surface area contributed by atoms with E-state index >= 15 is 0 Å². The van der Waals surface area contributed by atoms with E-state index in [-0.39, 0.29) is 0 Å². The fraction of sp³-hybridized carbons (Fsp3) is 1.00. The summed E-state index contributed by atoms with van der Waals surface area (Å²) in [6.45, 7) is 9.45. The van der Waals surface area contributed by atoms with Gasteiger partial charge in [0.25, 0.3) is 0 Å². The maximum atomic E-state index is 5.48. The summed E-state index contributed by atoms with van der Waals surface area (Å²) in [5.74, 6) is 0. The standard InChI is InChI=1S/C10H23NO/c1-4-7-9-11(12-6-3)10-8-5-2/h4-10H2,1-3H3. The van der Waals surface area contributed by atoms with Crippen molar-refractivity contribution < 1.29 is 4.84 Å². The van der Waals surface area contributed by atoms with Gasteiger partial charge in [0.1, 0.15) is 0 Å². The highest BCUT2D eigenvalue weighted by molar-refractivity contribution is 4.46. The molecule has 12 heavy (non-hydrogen) atoms. The molecule has 0 aliphatic heterocycles. The highest BCUT2D eigenvalue weighted by Gasteiger charge is 2.01. The van der Waals surface area contributed by atoms with Crippen LogP contribution in [-0.2, 0) is 4.84 Å². The summed E-state index contributed by atoms with van der Waals surface area (Å²) in [4.78, 5) is 5.48. The van der Waals surface area contributed by atoms with Gasteiger partial charge in [-0.1, -0.05) is 26.7 Å². The Morgan fingerprint density at radius 2 is 1.42 bits per heavy atom. The Balaban J connectivity index is 3.40. The van der Waals surface area contributed by atoms with Crippen LogP contribution in [-0.4, -0.2) is 24.8 Å². The Morgan fingerprint density at radius 1 is 0.917 bits per heavy atom. The number of hydroxylamine groups is 2. The molecule has 0 atom stereocenters. The van der Waals surface area contributed by atoms with Crippen LogP contribution in [0.25, 0.3) is 0 Å². The van der Waals surface area contributed by atoms with E-state index < -0.39 is 0 Å². The van der Waals surface area contributed by atoms with E-state index in [9.17, 15) is 0 Å². The summed E-state index contributed by atoms with van der Waals surface area (Å²) in [5, 5.41) is 2.10. The normalized spacial score (nSPS) is 11.0. The van der Waals surface area contributed by atoms with Crippen molar-refractivity contribution in [3.63, 3.8) is 0 Å². The van der Waals surface area contributed by atoms with Crippen LogP contribution in [0.4, 0.5) is 0 Å². The quantitative estimate of drug-likeness (QED) is 0.523. The molecule has 0 aromatic heterocycles. The molecule has 0 radical (unpaired) electrons. The molecule has 0 bridgehead atoms. The van der Waals surface area contributed by atoms with Crippen LogP contribution in [0.1, 0.15) is 46.5 Å². The lowest BCUT2D eigenvalue weighted by Crippen LogP contribution is -2.26.